The number of rotatable bonds is 5. The monoisotopic (exact) mass is 438 g/mol. The van der Waals surface area contributed by atoms with Gasteiger partial charge in [-0.2, -0.15) is 0 Å². The summed E-state index contributed by atoms with van der Waals surface area (Å²) in [6, 6.07) is 15.9. The highest BCUT2D eigenvalue weighted by molar-refractivity contribution is 6.32. The Morgan fingerprint density at radius 3 is 2.60 bits per heavy atom. The number of fused-ring (bicyclic) bond motifs is 1. The Kier molecular flexibility index (Phi) is 5.70. The van der Waals surface area contributed by atoms with Crippen molar-refractivity contribution in [2.45, 2.75) is 6.54 Å². The number of ether oxygens (including phenoxy) is 1. The van der Waals surface area contributed by atoms with E-state index in [4.69, 9.17) is 33.7 Å². The van der Waals surface area contributed by atoms with Crippen LogP contribution in [0.3, 0.4) is 0 Å². The van der Waals surface area contributed by atoms with Gasteiger partial charge in [-0.3, -0.25) is 4.79 Å². The van der Waals surface area contributed by atoms with Crippen molar-refractivity contribution in [3.05, 3.63) is 88.2 Å². The molecule has 4 rings (SSSR count). The molecule has 0 aliphatic carbocycles. The molecule has 3 N–H and O–H groups in total. The van der Waals surface area contributed by atoms with Crippen molar-refractivity contribution in [3.8, 4) is 11.6 Å². The average molecular weight is 439 g/mol. The van der Waals surface area contributed by atoms with Gasteiger partial charge in [-0.05, 0) is 53.4 Å². The molecule has 2 aromatic heterocycles. The number of nitrogens with two attached hydrogens (primary N) is 1. The minimum Gasteiger partial charge on any atom is -0.438 e. The molecule has 0 spiro atoms. The largest absolute Gasteiger partial charge is 0.438 e. The number of nitrogens with one attached hydrogen (secondary N) is 1. The molecule has 0 aliphatic heterocycles. The van der Waals surface area contributed by atoms with Gasteiger partial charge < -0.3 is 15.8 Å². The fourth-order valence-corrected chi connectivity index (χ4v) is 3.21. The summed E-state index contributed by atoms with van der Waals surface area (Å²) in [6.45, 7) is 0.345. The van der Waals surface area contributed by atoms with E-state index in [1.807, 2.05) is 24.3 Å². The van der Waals surface area contributed by atoms with Crippen molar-refractivity contribution < 1.29 is 9.53 Å². The summed E-state index contributed by atoms with van der Waals surface area (Å²) < 4.78 is 5.63. The number of nitrogen functional groups attached to an aromatic ring is 1. The number of aromatic nitrogens is 2. The van der Waals surface area contributed by atoms with Crippen LogP contribution >= 0.6 is 23.2 Å². The zero-order chi connectivity index (χ0) is 21.1. The summed E-state index contributed by atoms with van der Waals surface area (Å²) in [5.41, 5.74) is 7.13. The molecular weight excluding hydrogens is 423 g/mol. The van der Waals surface area contributed by atoms with Crippen LogP contribution in [0.25, 0.3) is 10.8 Å². The van der Waals surface area contributed by atoms with E-state index >= 15 is 0 Å². The van der Waals surface area contributed by atoms with E-state index in [1.54, 1.807) is 30.5 Å². The van der Waals surface area contributed by atoms with E-state index in [2.05, 4.69) is 15.3 Å². The van der Waals surface area contributed by atoms with Crippen LogP contribution in [-0.2, 0) is 6.54 Å². The van der Waals surface area contributed by atoms with Gasteiger partial charge in [0.05, 0.1) is 5.56 Å². The van der Waals surface area contributed by atoms with Gasteiger partial charge in [0.15, 0.2) is 0 Å². The minimum absolute atomic E-state index is 0.205. The van der Waals surface area contributed by atoms with Gasteiger partial charge in [-0.25, -0.2) is 9.97 Å². The highest BCUT2D eigenvalue weighted by atomic mass is 35.5. The first-order valence-corrected chi connectivity index (χ1v) is 9.75. The average Bonchev–Trinajstić information content (AvgIpc) is 2.75. The Morgan fingerprint density at radius 1 is 1.03 bits per heavy atom. The molecule has 4 aromatic rings. The second-order valence-electron chi connectivity index (χ2n) is 6.50. The van der Waals surface area contributed by atoms with E-state index in [-0.39, 0.29) is 16.8 Å². The van der Waals surface area contributed by atoms with Crippen LogP contribution < -0.4 is 15.8 Å². The quantitative estimate of drug-likeness (QED) is 0.444. The van der Waals surface area contributed by atoms with Gasteiger partial charge in [0.2, 0.25) is 5.88 Å². The summed E-state index contributed by atoms with van der Waals surface area (Å²) in [5, 5.41) is 5.52. The SMILES string of the molecule is Nc1nccc2cc(CNC(=O)c3cnc(Oc4ccc(Cl)cc4)c(Cl)c3)ccc12. The predicted octanol–water partition coefficient (Wildman–Crippen LogP) is 5.24. The summed E-state index contributed by atoms with van der Waals surface area (Å²) >= 11 is 12.1. The lowest BCUT2D eigenvalue weighted by Crippen LogP contribution is -2.23. The van der Waals surface area contributed by atoms with Gasteiger partial charge in [0.1, 0.15) is 16.6 Å². The number of hydrogen-bond acceptors (Lipinski definition) is 5. The number of benzene rings is 2. The molecule has 150 valence electrons. The normalized spacial score (nSPS) is 10.7. The Morgan fingerprint density at radius 2 is 1.83 bits per heavy atom. The molecule has 2 heterocycles. The molecule has 8 heteroatoms. The Labute approximate surface area is 182 Å². The first kappa shape index (κ1) is 19.9. The number of pyridine rings is 2. The third kappa shape index (κ3) is 4.45. The molecule has 30 heavy (non-hydrogen) atoms. The van der Waals surface area contributed by atoms with Gasteiger partial charge in [0, 0.05) is 29.3 Å². The minimum atomic E-state index is -0.295. The summed E-state index contributed by atoms with van der Waals surface area (Å²) in [6.07, 6.45) is 3.07. The lowest BCUT2D eigenvalue weighted by Gasteiger charge is -2.09. The van der Waals surface area contributed by atoms with Crippen molar-refractivity contribution >= 4 is 45.7 Å². The van der Waals surface area contributed by atoms with E-state index in [1.165, 1.54) is 12.3 Å². The lowest BCUT2D eigenvalue weighted by atomic mass is 10.1. The summed E-state index contributed by atoms with van der Waals surface area (Å²) in [5.74, 6) is 0.927. The summed E-state index contributed by atoms with van der Waals surface area (Å²) in [7, 11) is 0. The molecule has 0 saturated carbocycles. The highest BCUT2D eigenvalue weighted by Crippen LogP contribution is 2.28. The van der Waals surface area contributed by atoms with Crippen LogP contribution in [-0.4, -0.2) is 15.9 Å². The zero-order valence-corrected chi connectivity index (χ0v) is 17.1. The molecule has 0 radical (unpaired) electrons. The number of anilines is 1. The first-order valence-electron chi connectivity index (χ1n) is 9.00. The second-order valence-corrected chi connectivity index (χ2v) is 7.34. The van der Waals surface area contributed by atoms with Gasteiger partial charge in [-0.15, -0.1) is 0 Å². The first-order chi connectivity index (χ1) is 14.5. The van der Waals surface area contributed by atoms with Crippen molar-refractivity contribution in [2.75, 3.05) is 5.73 Å². The second kappa shape index (κ2) is 8.57. The highest BCUT2D eigenvalue weighted by Gasteiger charge is 2.12. The Bertz CT molecular complexity index is 1230. The number of halogens is 2. The molecule has 0 aliphatic rings. The molecule has 2 aromatic carbocycles. The van der Waals surface area contributed by atoms with E-state index in [0.29, 0.717) is 28.7 Å². The van der Waals surface area contributed by atoms with Crippen LogP contribution in [0, 0.1) is 0 Å². The van der Waals surface area contributed by atoms with Crippen LogP contribution in [0.1, 0.15) is 15.9 Å². The van der Waals surface area contributed by atoms with Crippen LogP contribution in [0.5, 0.6) is 11.6 Å². The van der Waals surface area contributed by atoms with Gasteiger partial charge in [-0.1, -0.05) is 35.3 Å². The fraction of sp³-hybridized carbons (Fsp3) is 0.0455. The number of amides is 1. The van der Waals surface area contributed by atoms with Crippen molar-refractivity contribution in [1.29, 1.82) is 0 Å². The maximum atomic E-state index is 12.5. The topological polar surface area (TPSA) is 90.1 Å². The number of carbonyl (C=O) groups is 1. The van der Waals surface area contributed by atoms with Crippen LogP contribution in [0.4, 0.5) is 5.82 Å². The number of carbonyl (C=O) groups excluding carboxylic acids is 1. The smallest absolute Gasteiger partial charge is 0.253 e. The molecule has 0 unspecified atom stereocenters. The number of nitrogens with zero attached hydrogens (tertiary/aromatic N) is 2. The molecule has 0 bridgehead atoms. The molecule has 0 atom stereocenters. The number of hydrogen-bond donors (Lipinski definition) is 2. The van der Waals surface area contributed by atoms with E-state index in [9.17, 15) is 4.79 Å². The van der Waals surface area contributed by atoms with E-state index < -0.39 is 0 Å². The Balaban J connectivity index is 1.43. The molecule has 0 fully saturated rings. The molecule has 6 nitrogen and oxygen atoms in total. The maximum Gasteiger partial charge on any atom is 0.253 e. The molecule has 1 amide bonds. The van der Waals surface area contributed by atoms with Crippen molar-refractivity contribution in [3.63, 3.8) is 0 Å². The lowest BCUT2D eigenvalue weighted by molar-refractivity contribution is 0.0950. The van der Waals surface area contributed by atoms with Gasteiger partial charge >= 0.3 is 0 Å². The Hall–Kier alpha value is -3.35. The fourth-order valence-electron chi connectivity index (χ4n) is 2.88. The third-order valence-corrected chi connectivity index (χ3v) is 4.93. The zero-order valence-electron chi connectivity index (χ0n) is 15.6. The summed E-state index contributed by atoms with van der Waals surface area (Å²) in [4.78, 5) is 20.7. The maximum absolute atomic E-state index is 12.5. The standard InChI is InChI=1S/C22H16Cl2N4O2/c23-16-2-4-17(5-3-16)30-22-19(24)10-15(12-28-22)21(29)27-11-13-1-6-18-14(9-13)7-8-26-20(18)25/h1-10,12H,11H2,(H2,25,26)(H,27,29). The van der Waals surface area contributed by atoms with Crippen molar-refractivity contribution in [2.24, 2.45) is 0 Å². The van der Waals surface area contributed by atoms with E-state index in [0.717, 1.165) is 16.3 Å². The van der Waals surface area contributed by atoms with Crippen LogP contribution in [0.2, 0.25) is 10.0 Å². The predicted molar refractivity (Wildman–Crippen MR) is 118 cm³/mol. The molecule has 0 saturated heterocycles. The van der Waals surface area contributed by atoms with Crippen molar-refractivity contribution in [1.82, 2.24) is 15.3 Å². The molecular formula is C22H16Cl2N4O2. The van der Waals surface area contributed by atoms with Crippen LogP contribution in [0.15, 0.2) is 67.0 Å². The third-order valence-electron chi connectivity index (χ3n) is 4.41. The van der Waals surface area contributed by atoms with Gasteiger partial charge in [0.25, 0.3) is 5.91 Å².